The number of hydrogen-bond acceptors (Lipinski definition) is 5. The average molecular weight is 416 g/mol. The quantitative estimate of drug-likeness (QED) is 0.297. The Morgan fingerprint density at radius 1 is 0.967 bits per heavy atom. The number of methoxy groups -OCH3 is 1. The van der Waals surface area contributed by atoms with Gasteiger partial charge in [0.2, 0.25) is 0 Å². The lowest BCUT2D eigenvalue weighted by Gasteiger charge is -2.12. The van der Waals surface area contributed by atoms with E-state index in [1.807, 2.05) is 72.8 Å². The van der Waals surface area contributed by atoms with Crippen LogP contribution in [0, 0.1) is 0 Å². The van der Waals surface area contributed by atoms with Crippen LogP contribution in [0.4, 0.5) is 0 Å². The molecule has 0 saturated heterocycles. The SMILES string of the molecule is COc1ccc(C(C)=O)cc1CSc1nnc(-c2ccccc2)n1-c1ccccc1. The monoisotopic (exact) mass is 415 g/mol. The summed E-state index contributed by atoms with van der Waals surface area (Å²) in [5.74, 6) is 2.17. The predicted molar refractivity (Wildman–Crippen MR) is 119 cm³/mol. The van der Waals surface area contributed by atoms with Gasteiger partial charge in [-0.05, 0) is 37.3 Å². The summed E-state index contributed by atoms with van der Waals surface area (Å²) in [6, 6.07) is 25.6. The van der Waals surface area contributed by atoms with Gasteiger partial charge in [-0.15, -0.1) is 10.2 Å². The first-order chi connectivity index (χ1) is 14.7. The normalized spacial score (nSPS) is 10.7. The number of carbonyl (C=O) groups is 1. The number of Topliss-reactive ketones (excluding diaryl/α,β-unsaturated/α-hetero) is 1. The zero-order valence-electron chi connectivity index (χ0n) is 16.8. The molecule has 0 radical (unpaired) electrons. The maximum atomic E-state index is 11.8. The first kappa shape index (κ1) is 19.9. The van der Waals surface area contributed by atoms with Crippen LogP contribution in [0.15, 0.2) is 84.0 Å². The Bertz CT molecular complexity index is 1160. The molecule has 0 amide bonds. The number of hydrogen-bond donors (Lipinski definition) is 0. The summed E-state index contributed by atoms with van der Waals surface area (Å²) in [5, 5.41) is 9.71. The number of ketones is 1. The zero-order valence-corrected chi connectivity index (χ0v) is 17.6. The van der Waals surface area contributed by atoms with Gasteiger partial charge in [-0.2, -0.15) is 0 Å². The number of para-hydroxylation sites is 1. The summed E-state index contributed by atoms with van der Waals surface area (Å²) >= 11 is 1.56. The molecule has 4 aromatic rings. The van der Waals surface area contributed by atoms with Crippen molar-refractivity contribution in [3.63, 3.8) is 0 Å². The highest BCUT2D eigenvalue weighted by Crippen LogP contribution is 2.32. The summed E-state index contributed by atoms with van der Waals surface area (Å²) in [7, 11) is 1.64. The van der Waals surface area contributed by atoms with Gasteiger partial charge in [0.15, 0.2) is 16.8 Å². The second kappa shape index (κ2) is 8.97. The molecule has 0 fully saturated rings. The van der Waals surface area contributed by atoms with Crippen LogP contribution >= 0.6 is 11.8 Å². The Hall–Kier alpha value is -3.38. The third-order valence-corrected chi connectivity index (χ3v) is 5.70. The van der Waals surface area contributed by atoms with Crippen molar-refractivity contribution in [2.24, 2.45) is 0 Å². The molecule has 3 aromatic carbocycles. The van der Waals surface area contributed by atoms with E-state index in [-0.39, 0.29) is 5.78 Å². The van der Waals surface area contributed by atoms with E-state index < -0.39 is 0 Å². The highest BCUT2D eigenvalue weighted by molar-refractivity contribution is 7.98. The third-order valence-electron chi connectivity index (χ3n) is 4.72. The number of thioether (sulfide) groups is 1. The molecule has 0 aliphatic heterocycles. The largest absolute Gasteiger partial charge is 0.496 e. The molecule has 0 N–H and O–H groups in total. The maximum Gasteiger partial charge on any atom is 0.196 e. The van der Waals surface area contributed by atoms with Gasteiger partial charge in [-0.1, -0.05) is 60.3 Å². The van der Waals surface area contributed by atoms with Crippen molar-refractivity contribution in [3.8, 4) is 22.8 Å². The smallest absolute Gasteiger partial charge is 0.196 e. The van der Waals surface area contributed by atoms with Gasteiger partial charge in [0.25, 0.3) is 0 Å². The third kappa shape index (κ3) is 4.14. The lowest BCUT2D eigenvalue weighted by Crippen LogP contribution is -2.00. The molecular weight excluding hydrogens is 394 g/mol. The molecule has 0 aliphatic rings. The Kier molecular flexibility index (Phi) is 5.95. The fourth-order valence-corrected chi connectivity index (χ4v) is 4.13. The summed E-state index contributed by atoms with van der Waals surface area (Å²) in [6.07, 6.45) is 0. The van der Waals surface area contributed by atoms with Crippen molar-refractivity contribution >= 4 is 17.5 Å². The molecule has 1 aromatic heterocycles. The van der Waals surface area contributed by atoms with E-state index in [1.54, 1.807) is 31.9 Å². The fraction of sp³-hybridized carbons (Fsp3) is 0.125. The molecule has 0 unspecified atom stereocenters. The highest BCUT2D eigenvalue weighted by Gasteiger charge is 2.17. The van der Waals surface area contributed by atoms with Crippen molar-refractivity contribution < 1.29 is 9.53 Å². The highest BCUT2D eigenvalue weighted by atomic mass is 32.2. The van der Waals surface area contributed by atoms with E-state index in [0.717, 1.165) is 33.5 Å². The standard InChI is InChI=1S/C24H21N3O2S/c1-17(28)19-13-14-22(29-2)20(15-19)16-30-24-26-25-23(18-9-5-3-6-10-18)27(24)21-11-7-4-8-12-21/h3-15H,16H2,1-2H3. The molecule has 0 aliphatic carbocycles. The molecule has 6 heteroatoms. The van der Waals surface area contributed by atoms with Crippen LogP contribution in [0.25, 0.3) is 17.1 Å². The number of nitrogens with zero attached hydrogens (tertiary/aromatic N) is 3. The number of benzene rings is 3. The topological polar surface area (TPSA) is 57.0 Å². The second-order valence-electron chi connectivity index (χ2n) is 6.71. The van der Waals surface area contributed by atoms with Gasteiger partial charge >= 0.3 is 0 Å². The average Bonchev–Trinajstić information content (AvgIpc) is 3.22. The Labute approximate surface area is 179 Å². The minimum absolute atomic E-state index is 0.0303. The molecule has 0 saturated carbocycles. The van der Waals surface area contributed by atoms with Crippen LogP contribution in [0.3, 0.4) is 0 Å². The minimum Gasteiger partial charge on any atom is -0.496 e. The predicted octanol–water partition coefficient (Wildman–Crippen LogP) is 5.44. The Balaban J connectivity index is 1.71. The molecule has 1 heterocycles. The fourth-order valence-electron chi connectivity index (χ4n) is 3.20. The van der Waals surface area contributed by atoms with Crippen LogP contribution in [-0.2, 0) is 5.75 Å². The Morgan fingerprint density at radius 2 is 1.67 bits per heavy atom. The summed E-state index contributed by atoms with van der Waals surface area (Å²) < 4.78 is 7.55. The lowest BCUT2D eigenvalue weighted by molar-refractivity contribution is 0.101. The van der Waals surface area contributed by atoms with Crippen LogP contribution < -0.4 is 4.74 Å². The number of ether oxygens (including phenoxy) is 1. The number of carbonyl (C=O) groups excluding carboxylic acids is 1. The van der Waals surface area contributed by atoms with E-state index in [9.17, 15) is 4.79 Å². The van der Waals surface area contributed by atoms with Crippen LogP contribution in [-0.4, -0.2) is 27.7 Å². The second-order valence-corrected chi connectivity index (χ2v) is 7.66. The molecule has 0 atom stereocenters. The van der Waals surface area contributed by atoms with Crippen LogP contribution in [0.2, 0.25) is 0 Å². The van der Waals surface area contributed by atoms with Crippen LogP contribution in [0.1, 0.15) is 22.8 Å². The van der Waals surface area contributed by atoms with Crippen molar-refractivity contribution in [3.05, 3.63) is 90.0 Å². The van der Waals surface area contributed by atoms with Gasteiger partial charge in [0.1, 0.15) is 5.75 Å². The lowest BCUT2D eigenvalue weighted by atomic mass is 10.1. The molecule has 4 rings (SSSR count). The van der Waals surface area contributed by atoms with Gasteiger partial charge in [-0.25, -0.2) is 0 Å². The maximum absolute atomic E-state index is 11.8. The van der Waals surface area contributed by atoms with Crippen molar-refractivity contribution in [2.75, 3.05) is 7.11 Å². The van der Waals surface area contributed by atoms with Crippen molar-refractivity contribution in [1.82, 2.24) is 14.8 Å². The Morgan fingerprint density at radius 3 is 2.33 bits per heavy atom. The van der Waals surface area contributed by atoms with Crippen LogP contribution in [0.5, 0.6) is 5.75 Å². The van der Waals surface area contributed by atoms with E-state index >= 15 is 0 Å². The summed E-state index contributed by atoms with van der Waals surface area (Å²) in [5.41, 5.74) is 3.60. The molecule has 0 spiro atoms. The van der Waals surface area contributed by atoms with Gasteiger partial charge in [0, 0.05) is 28.1 Å². The molecule has 150 valence electrons. The molecule has 30 heavy (non-hydrogen) atoms. The molecular formula is C24H21N3O2S. The zero-order chi connectivity index (χ0) is 20.9. The molecule has 5 nitrogen and oxygen atoms in total. The minimum atomic E-state index is 0.0303. The van der Waals surface area contributed by atoms with Gasteiger partial charge < -0.3 is 4.74 Å². The van der Waals surface area contributed by atoms with Gasteiger partial charge in [-0.3, -0.25) is 9.36 Å². The van der Waals surface area contributed by atoms with E-state index in [0.29, 0.717) is 11.3 Å². The van der Waals surface area contributed by atoms with Crippen molar-refractivity contribution in [1.29, 1.82) is 0 Å². The number of aromatic nitrogens is 3. The van der Waals surface area contributed by atoms with E-state index in [1.165, 1.54) is 0 Å². The number of rotatable bonds is 7. The summed E-state index contributed by atoms with van der Waals surface area (Å²) in [6.45, 7) is 1.57. The first-order valence-corrected chi connectivity index (χ1v) is 10.5. The van der Waals surface area contributed by atoms with E-state index in [4.69, 9.17) is 4.74 Å². The van der Waals surface area contributed by atoms with E-state index in [2.05, 4.69) is 14.8 Å². The van der Waals surface area contributed by atoms with Gasteiger partial charge in [0.05, 0.1) is 7.11 Å². The van der Waals surface area contributed by atoms with Crippen molar-refractivity contribution in [2.45, 2.75) is 17.8 Å². The summed E-state index contributed by atoms with van der Waals surface area (Å²) in [4.78, 5) is 11.8. The first-order valence-electron chi connectivity index (χ1n) is 9.54. The molecule has 0 bridgehead atoms.